The van der Waals surface area contributed by atoms with Crippen LogP contribution in [-0.4, -0.2) is 35.8 Å². The first-order chi connectivity index (χ1) is 8.83. The van der Waals surface area contributed by atoms with E-state index in [1.165, 1.54) is 0 Å². The topological polar surface area (TPSA) is 56.3 Å². The summed E-state index contributed by atoms with van der Waals surface area (Å²) >= 11 is 0. The van der Waals surface area contributed by atoms with Crippen LogP contribution in [-0.2, 0) is 4.74 Å². The third kappa shape index (κ3) is 3.32. The molecule has 1 aliphatic heterocycles. The lowest BCUT2D eigenvalue weighted by Crippen LogP contribution is -2.23. The van der Waals surface area contributed by atoms with Crippen LogP contribution in [0.15, 0.2) is 12.3 Å². The van der Waals surface area contributed by atoms with Gasteiger partial charge >= 0.3 is 0 Å². The molecule has 0 saturated carbocycles. The van der Waals surface area contributed by atoms with Crippen molar-refractivity contribution in [1.29, 1.82) is 0 Å². The standard InChI is InChI=1S/C13H21N3O2/c1-3-11-10(6-8-18-11)9-15-13-14-7-5-12(16-13)17-4-2/h5,7,10-11H,3-4,6,8-9H2,1-2H3,(H,14,15,16). The zero-order valence-electron chi connectivity index (χ0n) is 11.1. The summed E-state index contributed by atoms with van der Waals surface area (Å²) in [4.78, 5) is 8.48. The van der Waals surface area contributed by atoms with Crippen molar-refractivity contribution in [3.8, 4) is 5.88 Å². The minimum Gasteiger partial charge on any atom is -0.478 e. The van der Waals surface area contributed by atoms with Gasteiger partial charge in [0.05, 0.1) is 12.7 Å². The molecule has 2 atom stereocenters. The summed E-state index contributed by atoms with van der Waals surface area (Å²) < 4.78 is 11.0. The molecule has 2 unspecified atom stereocenters. The Morgan fingerprint density at radius 3 is 3.17 bits per heavy atom. The molecule has 0 aromatic carbocycles. The molecule has 2 heterocycles. The number of anilines is 1. The summed E-state index contributed by atoms with van der Waals surface area (Å²) in [6.07, 6.45) is 4.25. The fourth-order valence-corrected chi connectivity index (χ4v) is 2.26. The van der Waals surface area contributed by atoms with E-state index in [0.717, 1.165) is 26.0 Å². The second-order valence-corrected chi connectivity index (χ2v) is 4.40. The van der Waals surface area contributed by atoms with E-state index in [0.29, 0.717) is 30.5 Å². The van der Waals surface area contributed by atoms with Crippen LogP contribution >= 0.6 is 0 Å². The molecule has 0 spiro atoms. The first-order valence-corrected chi connectivity index (χ1v) is 6.64. The number of aromatic nitrogens is 2. The summed E-state index contributed by atoms with van der Waals surface area (Å²) in [6.45, 7) is 6.44. The molecule has 18 heavy (non-hydrogen) atoms. The highest BCUT2D eigenvalue weighted by molar-refractivity contribution is 5.27. The molecule has 0 aliphatic carbocycles. The molecule has 0 radical (unpaired) electrons. The number of nitrogens with zero attached hydrogens (tertiary/aromatic N) is 2. The largest absolute Gasteiger partial charge is 0.478 e. The van der Waals surface area contributed by atoms with E-state index in [1.54, 1.807) is 12.3 Å². The molecule has 1 N–H and O–H groups in total. The molecule has 1 aromatic rings. The minimum absolute atomic E-state index is 0.368. The summed E-state index contributed by atoms with van der Waals surface area (Å²) in [7, 11) is 0. The summed E-state index contributed by atoms with van der Waals surface area (Å²) in [5.41, 5.74) is 0. The van der Waals surface area contributed by atoms with E-state index in [1.807, 2.05) is 6.92 Å². The van der Waals surface area contributed by atoms with Crippen LogP contribution in [0.25, 0.3) is 0 Å². The van der Waals surface area contributed by atoms with Crippen molar-refractivity contribution in [1.82, 2.24) is 9.97 Å². The Morgan fingerprint density at radius 2 is 2.39 bits per heavy atom. The lowest BCUT2D eigenvalue weighted by atomic mass is 10.00. The third-order valence-corrected chi connectivity index (χ3v) is 3.19. The maximum absolute atomic E-state index is 5.66. The molecule has 5 heteroatoms. The number of hydrogen-bond acceptors (Lipinski definition) is 5. The molecule has 1 aliphatic rings. The Hall–Kier alpha value is -1.36. The molecule has 0 amide bonds. The van der Waals surface area contributed by atoms with Crippen molar-refractivity contribution in [2.24, 2.45) is 5.92 Å². The van der Waals surface area contributed by atoms with Gasteiger partial charge in [0.2, 0.25) is 11.8 Å². The smallest absolute Gasteiger partial charge is 0.225 e. The Balaban J connectivity index is 1.87. The van der Waals surface area contributed by atoms with Gasteiger partial charge in [0, 0.05) is 31.3 Å². The molecule has 1 fully saturated rings. The van der Waals surface area contributed by atoms with Crippen LogP contribution in [0.3, 0.4) is 0 Å². The average Bonchev–Trinajstić information content (AvgIpc) is 2.84. The molecule has 5 nitrogen and oxygen atoms in total. The van der Waals surface area contributed by atoms with Gasteiger partial charge in [0.15, 0.2) is 0 Å². The fourth-order valence-electron chi connectivity index (χ4n) is 2.26. The second-order valence-electron chi connectivity index (χ2n) is 4.40. The highest BCUT2D eigenvalue weighted by Crippen LogP contribution is 2.23. The zero-order chi connectivity index (χ0) is 12.8. The summed E-state index contributed by atoms with van der Waals surface area (Å²) in [6, 6.07) is 1.77. The lowest BCUT2D eigenvalue weighted by Gasteiger charge is -2.17. The molecule has 2 rings (SSSR count). The predicted octanol–water partition coefficient (Wildman–Crippen LogP) is 2.10. The zero-order valence-corrected chi connectivity index (χ0v) is 11.1. The monoisotopic (exact) mass is 251 g/mol. The van der Waals surface area contributed by atoms with Crippen LogP contribution in [0.2, 0.25) is 0 Å². The molecular formula is C13H21N3O2. The molecule has 100 valence electrons. The van der Waals surface area contributed by atoms with Gasteiger partial charge < -0.3 is 14.8 Å². The van der Waals surface area contributed by atoms with Crippen LogP contribution in [0.4, 0.5) is 5.95 Å². The maximum Gasteiger partial charge on any atom is 0.225 e. The van der Waals surface area contributed by atoms with Gasteiger partial charge in [-0.25, -0.2) is 4.98 Å². The van der Waals surface area contributed by atoms with Crippen LogP contribution in [0.5, 0.6) is 5.88 Å². The third-order valence-electron chi connectivity index (χ3n) is 3.19. The number of rotatable bonds is 6. The molecule has 1 saturated heterocycles. The van der Waals surface area contributed by atoms with E-state index in [4.69, 9.17) is 9.47 Å². The number of ether oxygens (including phenoxy) is 2. The number of nitrogens with one attached hydrogen (secondary N) is 1. The van der Waals surface area contributed by atoms with E-state index in [9.17, 15) is 0 Å². The second kappa shape index (κ2) is 6.54. The van der Waals surface area contributed by atoms with Gasteiger partial charge in [-0.05, 0) is 19.8 Å². The molecule has 1 aromatic heterocycles. The van der Waals surface area contributed by atoms with Gasteiger partial charge in [-0.3, -0.25) is 0 Å². The van der Waals surface area contributed by atoms with E-state index in [-0.39, 0.29) is 0 Å². The predicted molar refractivity (Wildman–Crippen MR) is 69.8 cm³/mol. The average molecular weight is 251 g/mol. The van der Waals surface area contributed by atoms with Crippen molar-refractivity contribution >= 4 is 5.95 Å². The first-order valence-electron chi connectivity index (χ1n) is 6.64. The van der Waals surface area contributed by atoms with Crippen molar-refractivity contribution < 1.29 is 9.47 Å². The summed E-state index contributed by atoms with van der Waals surface area (Å²) in [5, 5.41) is 3.27. The van der Waals surface area contributed by atoms with Crippen LogP contribution in [0.1, 0.15) is 26.7 Å². The van der Waals surface area contributed by atoms with Gasteiger partial charge in [0.25, 0.3) is 0 Å². The summed E-state index contributed by atoms with van der Waals surface area (Å²) in [5.74, 6) is 1.79. The minimum atomic E-state index is 0.368. The van der Waals surface area contributed by atoms with E-state index >= 15 is 0 Å². The Kier molecular flexibility index (Phi) is 4.75. The van der Waals surface area contributed by atoms with Crippen molar-refractivity contribution in [2.75, 3.05) is 25.1 Å². The van der Waals surface area contributed by atoms with Gasteiger partial charge in [-0.2, -0.15) is 4.98 Å². The lowest BCUT2D eigenvalue weighted by molar-refractivity contribution is 0.0900. The fraction of sp³-hybridized carbons (Fsp3) is 0.692. The number of hydrogen-bond donors (Lipinski definition) is 1. The van der Waals surface area contributed by atoms with Crippen molar-refractivity contribution in [3.05, 3.63) is 12.3 Å². The van der Waals surface area contributed by atoms with E-state index < -0.39 is 0 Å². The highest BCUT2D eigenvalue weighted by atomic mass is 16.5. The normalized spacial score (nSPS) is 23.0. The van der Waals surface area contributed by atoms with E-state index in [2.05, 4.69) is 22.2 Å². The highest BCUT2D eigenvalue weighted by Gasteiger charge is 2.26. The Labute approximate surface area is 108 Å². The molecule has 0 bridgehead atoms. The SMILES string of the molecule is CCOc1ccnc(NCC2CCOC2CC)n1. The van der Waals surface area contributed by atoms with Gasteiger partial charge in [-0.15, -0.1) is 0 Å². The first kappa shape index (κ1) is 13.1. The van der Waals surface area contributed by atoms with Gasteiger partial charge in [0.1, 0.15) is 0 Å². The Morgan fingerprint density at radius 1 is 1.50 bits per heavy atom. The quantitative estimate of drug-likeness (QED) is 0.839. The van der Waals surface area contributed by atoms with Crippen LogP contribution in [0, 0.1) is 5.92 Å². The van der Waals surface area contributed by atoms with Crippen molar-refractivity contribution in [2.45, 2.75) is 32.8 Å². The van der Waals surface area contributed by atoms with Gasteiger partial charge in [-0.1, -0.05) is 6.92 Å². The van der Waals surface area contributed by atoms with Crippen LogP contribution < -0.4 is 10.1 Å². The Bertz CT molecular complexity index is 373. The maximum atomic E-state index is 5.66. The molecular weight excluding hydrogens is 230 g/mol. The van der Waals surface area contributed by atoms with Crippen molar-refractivity contribution in [3.63, 3.8) is 0 Å².